The summed E-state index contributed by atoms with van der Waals surface area (Å²) >= 11 is 0. The number of allylic oxidation sites excluding steroid dienone is 2. The molecule has 1 aromatic carbocycles. The van der Waals surface area contributed by atoms with Crippen LogP contribution in [0.15, 0.2) is 36.2 Å². The van der Waals surface area contributed by atoms with Gasteiger partial charge in [-0.25, -0.2) is 0 Å². The van der Waals surface area contributed by atoms with Crippen LogP contribution in [0.25, 0.3) is 0 Å². The van der Waals surface area contributed by atoms with Crippen LogP contribution in [-0.4, -0.2) is 0 Å². The van der Waals surface area contributed by atoms with E-state index in [9.17, 15) is 4.39 Å². The van der Waals surface area contributed by atoms with Crippen LogP contribution < -0.4 is 0 Å². The van der Waals surface area contributed by atoms with Gasteiger partial charge in [-0.3, -0.25) is 0 Å². The second-order valence-electron chi connectivity index (χ2n) is 6.84. The van der Waals surface area contributed by atoms with Crippen LogP contribution in [-0.2, 0) is 12.8 Å². The number of halogens is 1. The number of aryl methyl sites for hydroxylation is 2. The van der Waals surface area contributed by atoms with Crippen molar-refractivity contribution in [2.75, 3.05) is 0 Å². The summed E-state index contributed by atoms with van der Waals surface area (Å²) in [5.41, 5.74) is 2.87. The van der Waals surface area contributed by atoms with Crippen LogP contribution in [0.4, 0.5) is 4.39 Å². The number of nitrogens with zero attached hydrogens (tertiary/aromatic N) is 1. The number of benzene rings is 1. The number of nitriles is 1. The van der Waals surface area contributed by atoms with E-state index in [0.717, 1.165) is 24.7 Å². The van der Waals surface area contributed by atoms with E-state index in [0.29, 0.717) is 6.42 Å². The Labute approximate surface area is 140 Å². The topological polar surface area (TPSA) is 23.8 Å². The molecule has 0 aliphatic heterocycles. The first-order valence-electron chi connectivity index (χ1n) is 9.04. The molecule has 0 amide bonds. The molecule has 0 atom stereocenters. The SMILES string of the molecule is CCc1ccc(CCC2CCC(CC/C=C(\F)C#N)CC2)cc1. The molecule has 2 rings (SSSR count). The molecule has 1 fully saturated rings. The van der Waals surface area contributed by atoms with E-state index in [2.05, 4.69) is 31.2 Å². The zero-order chi connectivity index (χ0) is 16.5. The van der Waals surface area contributed by atoms with Crippen molar-refractivity contribution in [2.45, 2.75) is 64.7 Å². The van der Waals surface area contributed by atoms with Crippen LogP contribution in [0.3, 0.4) is 0 Å². The van der Waals surface area contributed by atoms with Gasteiger partial charge in [-0.1, -0.05) is 56.9 Å². The fraction of sp³-hybridized carbons (Fsp3) is 0.571. The summed E-state index contributed by atoms with van der Waals surface area (Å²) in [7, 11) is 0. The minimum atomic E-state index is -0.632. The van der Waals surface area contributed by atoms with Gasteiger partial charge in [-0.2, -0.15) is 9.65 Å². The summed E-state index contributed by atoms with van der Waals surface area (Å²) in [4.78, 5) is 0. The van der Waals surface area contributed by atoms with Crippen molar-refractivity contribution in [3.05, 3.63) is 47.3 Å². The molecular weight excluding hydrogens is 285 g/mol. The lowest BCUT2D eigenvalue weighted by Crippen LogP contribution is -2.15. The molecule has 1 nitrogen and oxygen atoms in total. The number of rotatable bonds is 7. The van der Waals surface area contributed by atoms with Crippen molar-refractivity contribution in [1.82, 2.24) is 0 Å². The van der Waals surface area contributed by atoms with Crippen molar-refractivity contribution in [3.63, 3.8) is 0 Å². The van der Waals surface area contributed by atoms with Crippen molar-refractivity contribution in [1.29, 1.82) is 5.26 Å². The highest BCUT2D eigenvalue weighted by molar-refractivity contribution is 5.22. The first kappa shape index (κ1) is 17.7. The summed E-state index contributed by atoms with van der Waals surface area (Å²) in [5, 5.41) is 8.40. The molecule has 0 radical (unpaired) electrons. The van der Waals surface area contributed by atoms with Gasteiger partial charge in [0.1, 0.15) is 6.07 Å². The van der Waals surface area contributed by atoms with Crippen molar-refractivity contribution in [2.24, 2.45) is 11.8 Å². The maximum Gasteiger partial charge on any atom is 0.196 e. The van der Waals surface area contributed by atoms with E-state index in [4.69, 9.17) is 5.26 Å². The van der Waals surface area contributed by atoms with Gasteiger partial charge in [0.15, 0.2) is 5.83 Å². The van der Waals surface area contributed by atoms with Crippen LogP contribution in [0.5, 0.6) is 0 Å². The van der Waals surface area contributed by atoms with Gasteiger partial charge in [0.2, 0.25) is 0 Å². The number of hydrogen-bond acceptors (Lipinski definition) is 1. The average Bonchev–Trinajstić information content (AvgIpc) is 2.61. The molecule has 1 aromatic rings. The molecule has 124 valence electrons. The summed E-state index contributed by atoms with van der Waals surface area (Å²) in [6.07, 6.45) is 11.9. The predicted octanol–water partition coefficient (Wildman–Crippen LogP) is 6.15. The van der Waals surface area contributed by atoms with E-state index in [1.54, 1.807) is 6.07 Å². The quantitative estimate of drug-likeness (QED) is 0.554. The molecule has 23 heavy (non-hydrogen) atoms. The van der Waals surface area contributed by atoms with Crippen molar-refractivity contribution >= 4 is 0 Å². The van der Waals surface area contributed by atoms with E-state index >= 15 is 0 Å². The summed E-state index contributed by atoms with van der Waals surface area (Å²) in [6, 6.07) is 10.6. The van der Waals surface area contributed by atoms with E-state index < -0.39 is 5.83 Å². The Morgan fingerprint density at radius 2 is 1.65 bits per heavy atom. The summed E-state index contributed by atoms with van der Waals surface area (Å²) in [6.45, 7) is 2.19. The van der Waals surface area contributed by atoms with E-state index in [1.165, 1.54) is 55.7 Å². The van der Waals surface area contributed by atoms with Crippen LogP contribution in [0.2, 0.25) is 0 Å². The Hall–Kier alpha value is -1.62. The molecule has 0 spiro atoms. The second kappa shape index (κ2) is 9.50. The van der Waals surface area contributed by atoms with E-state index in [1.807, 2.05) is 0 Å². The molecule has 1 aliphatic rings. The van der Waals surface area contributed by atoms with Crippen LogP contribution in [0, 0.1) is 23.2 Å². The molecule has 0 aromatic heterocycles. The highest BCUT2D eigenvalue weighted by atomic mass is 19.1. The molecule has 0 heterocycles. The Morgan fingerprint density at radius 1 is 1.09 bits per heavy atom. The Kier molecular flexibility index (Phi) is 7.33. The van der Waals surface area contributed by atoms with Crippen molar-refractivity contribution < 1.29 is 4.39 Å². The predicted molar refractivity (Wildman–Crippen MR) is 93.6 cm³/mol. The highest BCUT2D eigenvalue weighted by Crippen LogP contribution is 2.34. The Bertz CT molecular complexity index is 530. The van der Waals surface area contributed by atoms with Gasteiger partial charge >= 0.3 is 0 Å². The Balaban J connectivity index is 1.65. The minimum absolute atomic E-state index is 0.632. The maximum atomic E-state index is 12.8. The monoisotopic (exact) mass is 313 g/mol. The smallest absolute Gasteiger partial charge is 0.195 e. The largest absolute Gasteiger partial charge is 0.196 e. The average molecular weight is 313 g/mol. The first-order chi connectivity index (χ1) is 11.2. The molecule has 1 saturated carbocycles. The standard InChI is InChI=1S/C21H28FN/c1-2-17-6-8-19(9-7-17)14-15-20-12-10-18(11-13-20)4-3-5-21(22)16-23/h5-9,18,20H,2-4,10-15H2,1H3/b21-5-. The van der Waals surface area contributed by atoms with Gasteiger partial charge in [-0.05, 0) is 61.1 Å². The van der Waals surface area contributed by atoms with Gasteiger partial charge in [-0.15, -0.1) is 0 Å². The third-order valence-corrected chi connectivity index (χ3v) is 5.24. The normalized spacial score (nSPS) is 21.9. The molecule has 0 saturated heterocycles. The first-order valence-corrected chi connectivity index (χ1v) is 9.04. The zero-order valence-corrected chi connectivity index (χ0v) is 14.2. The van der Waals surface area contributed by atoms with Crippen LogP contribution in [0.1, 0.15) is 63.0 Å². The molecule has 0 bridgehead atoms. The van der Waals surface area contributed by atoms with Gasteiger partial charge < -0.3 is 0 Å². The fourth-order valence-electron chi connectivity index (χ4n) is 3.61. The van der Waals surface area contributed by atoms with Crippen molar-refractivity contribution in [3.8, 4) is 6.07 Å². The lowest BCUT2D eigenvalue weighted by Gasteiger charge is -2.28. The minimum Gasteiger partial charge on any atom is -0.195 e. The third kappa shape index (κ3) is 6.18. The lowest BCUT2D eigenvalue weighted by molar-refractivity contribution is 0.254. The molecule has 0 unspecified atom stereocenters. The third-order valence-electron chi connectivity index (χ3n) is 5.24. The fourth-order valence-corrected chi connectivity index (χ4v) is 3.61. The molecule has 0 N–H and O–H groups in total. The zero-order valence-electron chi connectivity index (χ0n) is 14.2. The van der Waals surface area contributed by atoms with Gasteiger partial charge in [0, 0.05) is 0 Å². The summed E-state index contributed by atoms with van der Waals surface area (Å²) < 4.78 is 12.8. The molecule has 1 aliphatic carbocycles. The van der Waals surface area contributed by atoms with Crippen LogP contribution >= 0.6 is 0 Å². The molecule has 2 heteroatoms. The number of hydrogen-bond donors (Lipinski definition) is 0. The second-order valence-corrected chi connectivity index (χ2v) is 6.84. The van der Waals surface area contributed by atoms with E-state index in [-0.39, 0.29) is 0 Å². The van der Waals surface area contributed by atoms with Gasteiger partial charge in [0.05, 0.1) is 0 Å². The van der Waals surface area contributed by atoms with Gasteiger partial charge in [0.25, 0.3) is 0 Å². The highest BCUT2D eigenvalue weighted by Gasteiger charge is 2.20. The molecular formula is C21H28FN. The Morgan fingerprint density at radius 3 is 2.22 bits per heavy atom. The lowest BCUT2D eigenvalue weighted by atomic mass is 9.78. The maximum absolute atomic E-state index is 12.8. The summed E-state index contributed by atoms with van der Waals surface area (Å²) in [5.74, 6) is 0.939.